The number of hydrogen-bond acceptors (Lipinski definition) is 2. The highest BCUT2D eigenvalue weighted by Gasteiger charge is 2.43. The Morgan fingerprint density at radius 2 is 2.07 bits per heavy atom. The van der Waals surface area contributed by atoms with Crippen molar-refractivity contribution in [3.63, 3.8) is 0 Å². The standard InChI is InChI=1S/C10H9BrN2O2/c1-10(8(14)12-9(15)13-10)6-3-2-4-7(11)5-6/h2-5H,1H3,(H2,12,13,14,15)/t10-/m1/s1. The second-order valence-corrected chi connectivity index (χ2v) is 4.46. The summed E-state index contributed by atoms with van der Waals surface area (Å²) in [6.07, 6.45) is 0. The maximum absolute atomic E-state index is 11.6. The van der Waals surface area contributed by atoms with Gasteiger partial charge in [0.25, 0.3) is 5.91 Å². The smallest absolute Gasteiger partial charge is 0.320 e. The summed E-state index contributed by atoms with van der Waals surface area (Å²) in [5, 5.41) is 4.82. The molecule has 0 radical (unpaired) electrons. The molecule has 1 atom stereocenters. The first-order valence-electron chi connectivity index (χ1n) is 4.42. The van der Waals surface area contributed by atoms with E-state index in [2.05, 4.69) is 26.6 Å². The van der Waals surface area contributed by atoms with E-state index in [1.165, 1.54) is 0 Å². The van der Waals surface area contributed by atoms with Crippen LogP contribution >= 0.6 is 15.9 Å². The number of amides is 3. The minimum absolute atomic E-state index is 0.328. The van der Waals surface area contributed by atoms with Gasteiger partial charge in [0.05, 0.1) is 0 Å². The Kier molecular flexibility index (Phi) is 2.26. The molecule has 0 spiro atoms. The van der Waals surface area contributed by atoms with Gasteiger partial charge in [0, 0.05) is 4.47 Å². The number of nitrogens with one attached hydrogen (secondary N) is 2. The van der Waals surface area contributed by atoms with Crippen molar-refractivity contribution in [2.24, 2.45) is 0 Å². The average molecular weight is 269 g/mol. The van der Waals surface area contributed by atoms with Crippen LogP contribution in [0.1, 0.15) is 12.5 Å². The fraction of sp³-hybridized carbons (Fsp3) is 0.200. The SMILES string of the molecule is C[C@]1(c2cccc(Br)c2)NC(=O)NC1=O. The number of halogens is 1. The van der Waals surface area contributed by atoms with E-state index < -0.39 is 11.6 Å². The van der Waals surface area contributed by atoms with E-state index >= 15 is 0 Å². The molecule has 1 aliphatic heterocycles. The van der Waals surface area contributed by atoms with E-state index in [-0.39, 0.29) is 5.91 Å². The van der Waals surface area contributed by atoms with Crippen molar-refractivity contribution in [3.8, 4) is 0 Å². The first kappa shape index (κ1) is 10.2. The first-order chi connectivity index (χ1) is 7.02. The predicted molar refractivity (Wildman–Crippen MR) is 58.2 cm³/mol. The van der Waals surface area contributed by atoms with Crippen molar-refractivity contribution in [1.82, 2.24) is 10.6 Å². The molecule has 3 amide bonds. The molecule has 2 rings (SSSR count). The lowest BCUT2D eigenvalue weighted by Gasteiger charge is -2.21. The number of benzene rings is 1. The van der Waals surface area contributed by atoms with Crippen molar-refractivity contribution in [2.45, 2.75) is 12.5 Å². The second kappa shape index (κ2) is 3.34. The summed E-state index contributed by atoms with van der Waals surface area (Å²) in [5.41, 5.74) is -0.221. The number of carbonyl (C=O) groups is 2. The van der Waals surface area contributed by atoms with Crippen LogP contribution in [-0.2, 0) is 10.3 Å². The van der Waals surface area contributed by atoms with E-state index in [0.29, 0.717) is 0 Å². The molecule has 0 aromatic heterocycles. The number of rotatable bonds is 1. The van der Waals surface area contributed by atoms with Crippen LogP contribution in [0.2, 0.25) is 0 Å². The van der Waals surface area contributed by atoms with Crippen molar-refractivity contribution in [2.75, 3.05) is 0 Å². The molecule has 1 fully saturated rings. The Labute approximate surface area is 95.2 Å². The quantitative estimate of drug-likeness (QED) is 0.759. The van der Waals surface area contributed by atoms with Gasteiger partial charge in [-0.05, 0) is 24.6 Å². The second-order valence-electron chi connectivity index (χ2n) is 3.54. The summed E-state index contributed by atoms with van der Waals surface area (Å²) in [6, 6.07) is 6.84. The molecular weight excluding hydrogens is 260 g/mol. The van der Waals surface area contributed by atoms with Crippen LogP contribution < -0.4 is 10.6 Å². The monoisotopic (exact) mass is 268 g/mol. The summed E-state index contributed by atoms with van der Waals surface area (Å²) >= 11 is 3.32. The Hall–Kier alpha value is -1.36. The minimum Gasteiger partial charge on any atom is -0.320 e. The molecule has 4 nitrogen and oxygen atoms in total. The molecule has 1 saturated heterocycles. The maximum Gasteiger partial charge on any atom is 0.322 e. The van der Waals surface area contributed by atoms with E-state index in [4.69, 9.17) is 0 Å². The average Bonchev–Trinajstić information content (AvgIpc) is 2.42. The summed E-state index contributed by atoms with van der Waals surface area (Å²) in [7, 11) is 0. The van der Waals surface area contributed by atoms with E-state index in [1.807, 2.05) is 18.2 Å². The third-order valence-electron chi connectivity index (χ3n) is 2.45. The van der Waals surface area contributed by atoms with Crippen molar-refractivity contribution < 1.29 is 9.59 Å². The molecular formula is C10H9BrN2O2. The molecule has 2 N–H and O–H groups in total. The number of imide groups is 1. The van der Waals surface area contributed by atoms with Gasteiger partial charge in [-0.2, -0.15) is 0 Å². The summed E-state index contributed by atoms with van der Waals surface area (Å²) in [4.78, 5) is 22.7. The van der Waals surface area contributed by atoms with E-state index in [0.717, 1.165) is 10.0 Å². The molecule has 78 valence electrons. The van der Waals surface area contributed by atoms with Crippen LogP contribution in [0.25, 0.3) is 0 Å². The van der Waals surface area contributed by atoms with Gasteiger partial charge in [0.2, 0.25) is 0 Å². The zero-order valence-electron chi connectivity index (χ0n) is 8.00. The van der Waals surface area contributed by atoms with Crippen molar-refractivity contribution >= 4 is 27.9 Å². The lowest BCUT2D eigenvalue weighted by atomic mass is 9.92. The van der Waals surface area contributed by atoms with E-state index in [9.17, 15) is 9.59 Å². The van der Waals surface area contributed by atoms with Gasteiger partial charge in [0.15, 0.2) is 0 Å². The van der Waals surface area contributed by atoms with Gasteiger partial charge in [-0.15, -0.1) is 0 Å². The van der Waals surface area contributed by atoms with Crippen LogP contribution in [0.15, 0.2) is 28.7 Å². The number of carbonyl (C=O) groups excluding carboxylic acids is 2. The topological polar surface area (TPSA) is 58.2 Å². The third kappa shape index (κ3) is 1.63. The molecule has 1 aromatic rings. The van der Waals surface area contributed by atoms with Crippen LogP contribution in [-0.4, -0.2) is 11.9 Å². The van der Waals surface area contributed by atoms with E-state index in [1.54, 1.807) is 13.0 Å². The van der Waals surface area contributed by atoms with Gasteiger partial charge in [-0.1, -0.05) is 28.1 Å². The van der Waals surface area contributed by atoms with Crippen molar-refractivity contribution in [3.05, 3.63) is 34.3 Å². The molecule has 0 saturated carbocycles. The Balaban J connectivity index is 2.46. The highest BCUT2D eigenvalue weighted by atomic mass is 79.9. The Morgan fingerprint density at radius 3 is 2.60 bits per heavy atom. The lowest BCUT2D eigenvalue weighted by molar-refractivity contribution is -0.123. The van der Waals surface area contributed by atoms with Crippen LogP contribution in [0.5, 0.6) is 0 Å². The maximum atomic E-state index is 11.6. The Morgan fingerprint density at radius 1 is 1.33 bits per heavy atom. The van der Waals surface area contributed by atoms with Gasteiger partial charge in [-0.3, -0.25) is 10.1 Å². The zero-order valence-corrected chi connectivity index (χ0v) is 9.59. The fourth-order valence-corrected chi connectivity index (χ4v) is 1.95. The predicted octanol–water partition coefficient (Wildman–Crippen LogP) is 1.50. The molecule has 1 aromatic carbocycles. The minimum atomic E-state index is -0.971. The molecule has 1 aliphatic rings. The zero-order chi connectivity index (χ0) is 11.1. The summed E-state index contributed by atoms with van der Waals surface area (Å²) in [6.45, 7) is 1.68. The lowest BCUT2D eigenvalue weighted by Crippen LogP contribution is -2.40. The molecule has 0 bridgehead atoms. The number of hydrogen-bond donors (Lipinski definition) is 2. The van der Waals surface area contributed by atoms with Crippen LogP contribution in [0.3, 0.4) is 0 Å². The largest absolute Gasteiger partial charge is 0.322 e. The van der Waals surface area contributed by atoms with Gasteiger partial charge >= 0.3 is 6.03 Å². The molecule has 1 heterocycles. The molecule has 0 unspecified atom stereocenters. The summed E-state index contributed by atoms with van der Waals surface area (Å²) in [5.74, 6) is -0.328. The molecule has 15 heavy (non-hydrogen) atoms. The molecule has 5 heteroatoms. The van der Waals surface area contributed by atoms with Gasteiger partial charge in [-0.25, -0.2) is 4.79 Å². The van der Waals surface area contributed by atoms with Crippen molar-refractivity contribution in [1.29, 1.82) is 0 Å². The first-order valence-corrected chi connectivity index (χ1v) is 5.21. The molecule has 0 aliphatic carbocycles. The normalized spacial score (nSPS) is 24.9. The third-order valence-corrected chi connectivity index (χ3v) is 2.94. The van der Waals surface area contributed by atoms with Crippen LogP contribution in [0.4, 0.5) is 4.79 Å². The summed E-state index contributed by atoms with van der Waals surface area (Å²) < 4.78 is 0.871. The Bertz CT molecular complexity index is 447. The highest BCUT2D eigenvalue weighted by Crippen LogP contribution is 2.26. The van der Waals surface area contributed by atoms with Crippen LogP contribution in [0, 0.1) is 0 Å². The van der Waals surface area contributed by atoms with Gasteiger partial charge < -0.3 is 5.32 Å². The van der Waals surface area contributed by atoms with Gasteiger partial charge in [0.1, 0.15) is 5.54 Å². The highest BCUT2D eigenvalue weighted by molar-refractivity contribution is 9.10. The fourth-order valence-electron chi connectivity index (χ4n) is 1.55. The number of urea groups is 1.